The number of Topliss-reactive ketones (excluding diaryl/α,β-unsaturated/α-hetero) is 1. The van der Waals surface area contributed by atoms with E-state index in [2.05, 4.69) is 20.0 Å². The van der Waals surface area contributed by atoms with Gasteiger partial charge in [0.1, 0.15) is 19.0 Å². The highest BCUT2D eigenvalue weighted by Crippen LogP contribution is 2.19. The first-order valence-corrected chi connectivity index (χ1v) is 8.56. The van der Waals surface area contributed by atoms with Crippen molar-refractivity contribution in [1.82, 2.24) is 9.97 Å². The average Bonchev–Trinajstić information content (AvgIpc) is 2.71. The molecule has 0 aliphatic carbocycles. The van der Waals surface area contributed by atoms with Crippen molar-refractivity contribution in [1.29, 1.82) is 0 Å². The van der Waals surface area contributed by atoms with Gasteiger partial charge in [-0.1, -0.05) is 17.2 Å². The third-order valence-corrected chi connectivity index (χ3v) is 3.65. The third-order valence-electron chi connectivity index (χ3n) is 3.65. The number of carbonyl (C=O) groups is 3. The van der Waals surface area contributed by atoms with Crippen LogP contribution in [-0.4, -0.2) is 46.0 Å². The van der Waals surface area contributed by atoms with Gasteiger partial charge in [0.2, 0.25) is 5.82 Å². The lowest BCUT2D eigenvalue weighted by molar-refractivity contribution is -0.111. The molecule has 0 radical (unpaired) electrons. The van der Waals surface area contributed by atoms with Gasteiger partial charge in [-0.2, -0.15) is 0 Å². The number of esters is 2. The summed E-state index contributed by atoms with van der Waals surface area (Å²) in [4.78, 5) is 45.4. The summed E-state index contributed by atoms with van der Waals surface area (Å²) in [5.74, 6) is -2.13. The second-order valence-corrected chi connectivity index (χ2v) is 5.82. The molecule has 0 aliphatic rings. The second kappa shape index (κ2) is 10.3. The fraction of sp³-hybridized carbons (Fsp3) is 0.211. The Morgan fingerprint density at radius 2 is 1.53 bits per heavy atom. The van der Waals surface area contributed by atoms with Crippen LogP contribution in [0.5, 0.6) is 0 Å². The molecule has 1 N–H and O–H groups in total. The van der Waals surface area contributed by atoms with Crippen LogP contribution in [0.15, 0.2) is 47.5 Å². The molecule has 0 bridgehead atoms. The van der Waals surface area contributed by atoms with Gasteiger partial charge < -0.3 is 14.6 Å². The summed E-state index contributed by atoms with van der Waals surface area (Å²) in [5, 5.41) is 12.9. The number of hydrogen-bond acceptors (Lipinski definition) is 9. The number of allylic oxidation sites excluding steroid dienone is 2. The smallest absolute Gasteiger partial charge is 0.376 e. The number of benzene rings is 1. The van der Waals surface area contributed by atoms with Crippen LogP contribution in [0.1, 0.15) is 40.4 Å². The first-order valence-electron chi connectivity index (χ1n) is 8.56. The molecule has 1 aromatic carbocycles. The van der Waals surface area contributed by atoms with Crippen molar-refractivity contribution < 1.29 is 29.0 Å². The first kappa shape index (κ1) is 22.1. The van der Waals surface area contributed by atoms with Crippen LogP contribution in [0.25, 0.3) is 16.0 Å². The van der Waals surface area contributed by atoms with E-state index in [1.807, 2.05) is 0 Å². The van der Waals surface area contributed by atoms with Crippen molar-refractivity contribution in [3.05, 3.63) is 69.8 Å². The molecule has 2 rings (SSSR count). The monoisotopic (exact) mass is 411 g/mol. The number of aliphatic hydroxyl groups excluding tert-OH is 1. The summed E-state index contributed by atoms with van der Waals surface area (Å²) >= 11 is 0. The molecule has 0 spiro atoms. The van der Waals surface area contributed by atoms with Crippen LogP contribution >= 0.6 is 0 Å². The van der Waals surface area contributed by atoms with E-state index in [4.69, 9.17) is 15.0 Å². The Bertz CT molecular complexity index is 1020. The van der Waals surface area contributed by atoms with E-state index in [-0.39, 0.29) is 47.4 Å². The fourth-order valence-corrected chi connectivity index (χ4v) is 2.39. The van der Waals surface area contributed by atoms with Crippen molar-refractivity contribution in [3.63, 3.8) is 0 Å². The van der Waals surface area contributed by atoms with Crippen LogP contribution in [0.2, 0.25) is 0 Å². The fourth-order valence-electron chi connectivity index (χ4n) is 2.39. The molecule has 1 heterocycles. The lowest BCUT2D eigenvalue weighted by atomic mass is 10.00. The molecule has 0 fully saturated rings. The lowest BCUT2D eigenvalue weighted by Gasteiger charge is -2.08. The zero-order chi connectivity index (χ0) is 22.1. The SMILES string of the molecule is CC(=O)C(=C(C)O)c1ccc(C(=O)OCCOC(=O)c2ncc(N=[N+]=[N-])cn2)cc1. The van der Waals surface area contributed by atoms with E-state index >= 15 is 0 Å². The zero-order valence-electron chi connectivity index (χ0n) is 16.1. The summed E-state index contributed by atoms with van der Waals surface area (Å²) in [5.41, 5.74) is 9.30. The maximum Gasteiger partial charge on any atom is 0.376 e. The number of hydrogen-bond donors (Lipinski definition) is 1. The van der Waals surface area contributed by atoms with E-state index in [1.165, 1.54) is 38.1 Å². The Labute approximate surface area is 170 Å². The largest absolute Gasteiger partial charge is 0.512 e. The number of nitrogens with zero attached hydrogens (tertiary/aromatic N) is 5. The minimum absolute atomic E-state index is 0.115. The number of aromatic nitrogens is 2. The van der Waals surface area contributed by atoms with Gasteiger partial charge in [-0.15, -0.1) is 0 Å². The van der Waals surface area contributed by atoms with Crippen LogP contribution in [0, 0.1) is 0 Å². The number of rotatable bonds is 8. The molecule has 0 unspecified atom stereocenters. The predicted octanol–water partition coefficient (Wildman–Crippen LogP) is 3.31. The van der Waals surface area contributed by atoms with Gasteiger partial charge in [0.25, 0.3) is 0 Å². The maximum absolute atomic E-state index is 12.1. The molecule has 154 valence electrons. The highest BCUT2D eigenvalue weighted by molar-refractivity contribution is 6.20. The molecular formula is C19H17N5O6. The second-order valence-electron chi connectivity index (χ2n) is 5.82. The Morgan fingerprint density at radius 3 is 2.03 bits per heavy atom. The summed E-state index contributed by atoms with van der Waals surface area (Å²) in [6.45, 7) is 2.32. The molecule has 2 aromatic rings. The van der Waals surface area contributed by atoms with Crippen molar-refractivity contribution >= 4 is 29.0 Å². The molecule has 11 nitrogen and oxygen atoms in total. The van der Waals surface area contributed by atoms with E-state index in [0.29, 0.717) is 5.56 Å². The maximum atomic E-state index is 12.1. The average molecular weight is 411 g/mol. The minimum atomic E-state index is -0.828. The number of azide groups is 1. The normalized spacial score (nSPS) is 11.0. The molecule has 0 aliphatic heterocycles. The molecule has 1 aromatic heterocycles. The van der Waals surface area contributed by atoms with Gasteiger partial charge >= 0.3 is 11.9 Å². The van der Waals surface area contributed by atoms with E-state index in [9.17, 15) is 19.5 Å². The van der Waals surface area contributed by atoms with E-state index < -0.39 is 11.9 Å². The molecule has 30 heavy (non-hydrogen) atoms. The number of aliphatic hydroxyl groups is 1. The predicted molar refractivity (Wildman–Crippen MR) is 104 cm³/mol. The topological polar surface area (TPSA) is 164 Å². The van der Waals surface area contributed by atoms with Gasteiger partial charge in [0, 0.05) is 17.3 Å². The standard InChI is InChI=1S/C19H17N5O6/c1-11(25)16(12(2)26)13-3-5-14(6-4-13)18(27)29-7-8-30-19(28)17-21-9-15(10-22-17)23-24-20/h3-6,9-10,25H,7-8H2,1-2H3. The van der Waals surface area contributed by atoms with Crippen LogP contribution in [0.4, 0.5) is 5.69 Å². The van der Waals surface area contributed by atoms with Gasteiger partial charge in [0.15, 0.2) is 5.78 Å². The Morgan fingerprint density at radius 1 is 1.00 bits per heavy atom. The van der Waals surface area contributed by atoms with E-state index in [1.54, 1.807) is 0 Å². The van der Waals surface area contributed by atoms with Crippen LogP contribution in [-0.2, 0) is 14.3 Å². The summed E-state index contributed by atoms with van der Waals surface area (Å²) in [7, 11) is 0. The van der Waals surface area contributed by atoms with Gasteiger partial charge in [-0.3, -0.25) is 4.79 Å². The Hall–Kier alpha value is -4.24. The van der Waals surface area contributed by atoms with Crippen LogP contribution in [0.3, 0.4) is 0 Å². The molecule has 0 saturated carbocycles. The molecular weight excluding hydrogens is 394 g/mol. The number of ketones is 1. The Kier molecular flexibility index (Phi) is 7.60. The first-order chi connectivity index (χ1) is 14.3. The van der Waals surface area contributed by atoms with Gasteiger partial charge in [-0.05, 0) is 37.1 Å². The molecule has 0 amide bonds. The quantitative estimate of drug-likeness (QED) is 0.131. The summed E-state index contributed by atoms with van der Waals surface area (Å²) < 4.78 is 9.92. The third kappa shape index (κ3) is 5.88. The van der Waals surface area contributed by atoms with Crippen molar-refractivity contribution in [2.24, 2.45) is 5.11 Å². The lowest BCUT2D eigenvalue weighted by Crippen LogP contribution is -2.15. The van der Waals surface area contributed by atoms with Crippen molar-refractivity contribution in [3.8, 4) is 0 Å². The van der Waals surface area contributed by atoms with Crippen LogP contribution < -0.4 is 0 Å². The Balaban J connectivity index is 1.86. The highest BCUT2D eigenvalue weighted by atomic mass is 16.6. The molecule has 11 heteroatoms. The number of ether oxygens (including phenoxy) is 2. The highest BCUT2D eigenvalue weighted by Gasteiger charge is 2.14. The van der Waals surface area contributed by atoms with Gasteiger partial charge in [0.05, 0.1) is 16.8 Å². The van der Waals surface area contributed by atoms with Crippen molar-refractivity contribution in [2.75, 3.05) is 13.2 Å². The summed E-state index contributed by atoms with van der Waals surface area (Å²) in [6, 6.07) is 5.94. The zero-order valence-corrected chi connectivity index (χ0v) is 16.1. The van der Waals surface area contributed by atoms with Crippen molar-refractivity contribution in [2.45, 2.75) is 13.8 Å². The molecule has 0 saturated heterocycles. The minimum Gasteiger partial charge on any atom is -0.512 e. The van der Waals surface area contributed by atoms with Gasteiger partial charge in [-0.25, -0.2) is 19.6 Å². The molecule has 0 atom stereocenters. The van der Waals surface area contributed by atoms with E-state index in [0.717, 1.165) is 12.4 Å². The summed E-state index contributed by atoms with van der Waals surface area (Å²) in [6.07, 6.45) is 2.33. The number of carbonyl (C=O) groups excluding carboxylic acids is 3.